The summed E-state index contributed by atoms with van der Waals surface area (Å²) >= 11 is 0. The molecule has 6 aromatic heterocycles. The van der Waals surface area contributed by atoms with Crippen molar-refractivity contribution in [3.8, 4) is 44.9 Å². The Hall–Kier alpha value is -11.8. The molecule has 7 aromatic carbocycles. The normalized spacial score (nSPS) is 12.0. The summed E-state index contributed by atoms with van der Waals surface area (Å²) in [4.78, 5) is 62.5. The molecule has 1 N–H and O–H groups in total. The fraction of sp³-hybridized carbons (Fsp3) is 0.222. The largest absolute Gasteiger partial charge is 2.00 e. The summed E-state index contributed by atoms with van der Waals surface area (Å²) in [5.74, 6) is -29.7. The zero-order valence-electron chi connectivity index (χ0n) is 78.1. The molecule has 752 valence electrons. The first kappa shape index (κ1) is 119. The molecule has 0 radical (unpaired) electrons. The first-order valence-electron chi connectivity index (χ1n) is 44.1. The summed E-state index contributed by atoms with van der Waals surface area (Å²) in [6, 6.07) is 91.1. The molecule has 2 aliphatic heterocycles. The second-order valence-electron chi connectivity index (χ2n) is 31.0. The Balaban J connectivity index is 0.000000269. The van der Waals surface area contributed by atoms with Gasteiger partial charge in [-0.1, -0.05) is 259 Å². The van der Waals surface area contributed by atoms with E-state index in [0.717, 1.165) is 131 Å². The van der Waals surface area contributed by atoms with Crippen LogP contribution >= 0.6 is 15.8 Å². The predicted molar refractivity (Wildman–Crippen MR) is 517 cm³/mol. The molecule has 0 amide bonds. The van der Waals surface area contributed by atoms with E-state index < -0.39 is 75.5 Å². The summed E-state index contributed by atoms with van der Waals surface area (Å²) in [7, 11) is -1.93. The van der Waals surface area contributed by atoms with Crippen molar-refractivity contribution in [3.05, 3.63) is 366 Å². The Morgan fingerprint density at radius 2 is 0.655 bits per heavy atom. The van der Waals surface area contributed by atoms with Gasteiger partial charge in [0.2, 0.25) is 0 Å². The predicted octanol–water partition coefficient (Wildman–Crippen LogP) is 24.9. The van der Waals surface area contributed by atoms with E-state index in [-0.39, 0.29) is 79.0 Å². The van der Waals surface area contributed by atoms with Crippen LogP contribution in [-0.4, -0.2) is 83.8 Å². The number of carbonyl (C=O) groups excluding carboxylic acids is 3. The summed E-state index contributed by atoms with van der Waals surface area (Å²) in [6.45, 7) is 20.8. The summed E-state index contributed by atoms with van der Waals surface area (Å²) in [5.41, 5.74) is 26.2. The molecule has 142 heavy (non-hydrogen) atoms. The fourth-order valence-corrected chi connectivity index (χ4v) is 20.1. The standard InChI is InChI=1S/C36H44N4.C26H22P2.C22H16N2.C11H6F2N.C5H8O2.2C4HF7O2.Os.2Pt/c1-9-21-22(10-2)30-18-32-25(13-5)26(14-6)34(39-32)20-36-28(16-8)27(15-7)35(40-36)19-33-24(12-4)23(11-3)31(38-33)17-29(21)37-30;1-5-13-23(14-6-1)27(24-15-7-2-8-16-24)21-22-28(25-17-9-3-10-18-25)26-19-11-4-12-20-26;1-3-7-17(8-4-1)19-11-13-23-21(15-19)22-16-20(12-14-24-22)18-9-5-2-6-10-18;12-8-4-5-9(10(13)7-8)11-3-1-2-6-14-11;1-4(6)3-5(2)7;2*5-2(6,1(12)13)3(7,8)4(9,10)11;;;/h17-20H,9-16H2,1-8H3;1-22H;1-16H;1-4,6-7H;3,6H,1-2H3;2*(H,12,13);;;/q-2;;;-1;;;;;;+2. The van der Waals surface area contributed by atoms with Crippen LogP contribution in [-0.2, 0) is 102 Å². The second-order valence-corrected chi connectivity index (χ2v) is 35.6. The number of carboxylic acids is 2. The number of aryl methyl sites for hydroxylation is 4. The molecule has 13 nitrogen and oxygen atoms in total. The van der Waals surface area contributed by atoms with Crippen molar-refractivity contribution >= 4 is 99.1 Å². The first-order chi connectivity index (χ1) is 66.1. The van der Waals surface area contributed by atoms with Crippen LogP contribution < -0.4 is 41.4 Å². The van der Waals surface area contributed by atoms with Gasteiger partial charge in [0.25, 0.3) is 0 Å². The van der Waals surface area contributed by atoms with E-state index in [4.69, 9.17) is 25.0 Å². The molecular formula is C108H98F16N7O6OsP2Pt2-. The van der Waals surface area contributed by atoms with Crippen LogP contribution in [0.15, 0.2) is 303 Å². The number of carboxylic acid groups (broad SMARTS) is 2. The third kappa shape index (κ3) is 30.2. The molecule has 0 aliphatic carbocycles. The molecule has 0 saturated heterocycles. The number of carbonyl (C=O) groups is 3. The van der Waals surface area contributed by atoms with E-state index in [0.29, 0.717) is 5.69 Å². The van der Waals surface area contributed by atoms with Gasteiger partial charge in [0.05, 0.1) is 55.8 Å². The van der Waals surface area contributed by atoms with Crippen molar-refractivity contribution in [2.24, 2.45) is 0 Å². The zero-order chi connectivity index (χ0) is 102. The van der Waals surface area contributed by atoms with Gasteiger partial charge in [0.15, 0.2) is 5.78 Å². The Kier molecular flexibility index (Phi) is 45.8. The molecule has 0 spiro atoms. The molecule has 8 heterocycles. The Labute approximate surface area is 856 Å². The SMILES string of the molecule is C(=C[PH+](c1ccccc1)c1ccccc1)[PH+](c1ccccc1)c1ccccc1.CC(=O)C=C(C)O.CCC1=C(CC)c2cc3[n-]c(cc4nc(cc5[n-]c(cc1n2)c(CC)c5CC)C(CC)=C4CC)c(CC)c3CC.Fc1c[c-]c(-c2ccccn2)c(F)c1.O=C([O-])C(F)(F)C(F)(F)C(F)(F)F.O=C([O-])C(F)(F)C(F)(F)C(F)(F)F.[Os].[Pt+2].[Pt].c1ccc(-c2ccnc(-c3cc(-c4ccccc4)ccn3)c2)cc1. The fourth-order valence-electron chi connectivity index (χ4n) is 15.1. The molecule has 0 atom stereocenters. The minimum atomic E-state index is -6.64. The summed E-state index contributed by atoms with van der Waals surface area (Å²) in [6.07, 6.45) is 0.713. The van der Waals surface area contributed by atoms with Crippen molar-refractivity contribution in [1.82, 2.24) is 34.9 Å². The molecule has 13 aromatic rings. The monoisotopic (exact) mass is 2540 g/mol. The van der Waals surface area contributed by atoms with Gasteiger partial charge in [-0.05, 0) is 194 Å². The molecule has 15 rings (SSSR count). The number of ketones is 1. The number of rotatable bonds is 23. The number of aliphatic hydroxyl groups is 1. The van der Waals surface area contributed by atoms with Crippen LogP contribution in [0.1, 0.15) is 140 Å². The number of hydrogen-bond donors (Lipinski definition) is 1. The van der Waals surface area contributed by atoms with Crippen LogP contribution in [0, 0.1) is 17.7 Å². The van der Waals surface area contributed by atoms with Gasteiger partial charge in [-0.25, -0.2) is 9.97 Å². The average molecular weight is 2540 g/mol. The summed E-state index contributed by atoms with van der Waals surface area (Å²) in [5, 5.41) is 32.6. The molecule has 0 unspecified atom stereocenters. The number of aliphatic carboxylic acids is 2. The maximum Gasteiger partial charge on any atom is 2.00 e. The van der Waals surface area contributed by atoms with E-state index in [9.17, 15) is 94.8 Å². The average Bonchev–Trinajstić information content (AvgIpc) is 1.77. The number of fused-ring (bicyclic) bond motifs is 8. The van der Waals surface area contributed by atoms with Gasteiger partial charge >= 0.3 is 57.1 Å². The number of nitrogens with zero attached hydrogens (tertiary/aromatic N) is 7. The quantitative estimate of drug-likeness (QED) is 0.0208. The van der Waals surface area contributed by atoms with E-state index in [1.54, 1.807) is 24.4 Å². The smallest absolute Gasteiger partial charge is 0.657 e. The second kappa shape index (κ2) is 54.6. The molecule has 34 heteroatoms. The van der Waals surface area contributed by atoms with Gasteiger partial charge in [0, 0.05) is 77.2 Å². The number of pyridine rings is 3. The number of hydrogen-bond acceptors (Lipinski definition) is 11. The molecular weight excluding hydrogens is 2440 g/mol. The Bertz CT molecular complexity index is 6120. The van der Waals surface area contributed by atoms with E-state index >= 15 is 0 Å². The molecule has 0 saturated carbocycles. The van der Waals surface area contributed by atoms with Crippen molar-refractivity contribution < 1.29 is 162 Å². The van der Waals surface area contributed by atoms with Gasteiger partial charge < -0.3 is 39.9 Å². The van der Waals surface area contributed by atoms with Crippen LogP contribution in [0.25, 0.3) is 89.3 Å². The number of aliphatic hydroxyl groups excluding tert-OH is 1. The molecule has 2 aliphatic rings. The van der Waals surface area contributed by atoms with Crippen LogP contribution in [0.3, 0.4) is 0 Å². The number of aromatic nitrogens is 7. The topological polar surface area (TPSA) is 210 Å². The van der Waals surface area contributed by atoms with Crippen molar-refractivity contribution in [2.75, 3.05) is 0 Å². The van der Waals surface area contributed by atoms with Gasteiger partial charge in [0.1, 0.15) is 44.8 Å². The number of benzene rings is 7. The number of alkyl halides is 14. The first-order valence-corrected chi connectivity index (χ1v) is 47.2. The molecule has 0 fully saturated rings. The summed E-state index contributed by atoms with van der Waals surface area (Å²) < 4.78 is 186. The van der Waals surface area contributed by atoms with E-state index in [2.05, 4.69) is 270 Å². The molecule has 8 bridgehead atoms. The maximum atomic E-state index is 13.2. The number of allylic oxidation sites excluding steroid dienone is 6. The third-order valence-corrected chi connectivity index (χ3v) is 26.9. The van der Waals surface area contributed by atoms with Crippen molar-refractivity contribution in [1.29, 1.82) is 0 Å². The van der Waals surface area contributed by atoms with Gasteiger partial charge in [-0.15, -0.1) is 34.2 Å². The minimum absolute atomic E-state index is 0. The maximum absolute atomic E-state index is 13.2. The van der Waals surface area contributed by atoms with Gasteiger partial charge in [-0.3, -0.25) is 23.5 Å². The number of halogens is 16. The van der Waals surface area contributed by atoms with Gasteiger partial charge in [-0.2, -0.15) is 61.5 Å². The van der Waals surface area contributed by atoms with E-state index in [1.807, 2.05) is 60.9 Å². The van der Waals surface area contributed by atoms with E-state index in [1.165, 1.54) is 96.8 Å². The van der Waals surface area contributed by atoms with Crippen LogP contribution in [0.2, 0.25) is 0 Å². The van der Waals surface area contributed by atoms with Crippen molar-refractivity contribution in [3.63, 3.8) is 0 Å². The minimum Gasteiger partial charge on any atom is -0.657 e. The Morgan fingerprint density at radius 1 is 0.373 bits per heavy atom. The zero-order valence-corrected chi connectivity index (χ0v) is 87.2. The van der Waals surface area contributed by atoms with Crippen LogP contribution in [0.5, 0.6) is 0 Å². The third-order valence-electron chi connectivity index (χ3n) is 21.8. The van der Waals surface area contributed by atoms with Crippen molar-refractivity contribution in [2.45, 2.75) is 157 Å². The Morgan fingerprint density at radius 3 is 0.880 bits per heavy atom. The van der Waals surface area contributed by atoms with Crippen LogP contribution in [0.4, 0.5) is 70.2 Å².